The van der Waals surface area contributed by atoms with Crippen molar-refractivity contribution in [1.82, 2.24) is 9.88 Å². The van der Waals surface area contributed by atoms with Crippen LogP contribution in [0.1, 0.15) is 19.5 Å². The molecule has 0 aliphatic carbocycles. The molecule has 0 saturated carbocycles. The van der Waals surface area contributed by atoms with Crippen LogP contribution in [0, 0.1) is 0 Å². The van der Waals surface area contributed by atoms with Crippen LogP contribution < -0.4 is 5.32 Å². The lowest BCUT2D eigenvalue weighted by Gasteiger charge is -2.16. The minimum absolute atomic E-state index is 0.778. The van der Waals surface area contributed by atoms with Crippen molar-refractivity contribution in [3.05, 3.63) is 23.9 Å². The summed E-state index contributed by atoms with van der Waals surface area (Å²) < 4.78 is 5.33. The second kappa shape index (κ2) is 8.03. The van der Waals surface area contributed by atoms with Crippen LogP contribution in [0.25, 0.3) is 0 Å². The van der Waals surface area contributed by atoms with Crippen molar-refractivity contribution >= 4 is 5.82 Å². The first-order valence-corrected chi connectivity index (χ1v) is 6.22. The molecule has 96 valence electrons. The topological polar surface area (TPSA) is 37.4 Å². The zero-order valence-corrected chi connectivity index (χ0v) is 11.1. The minimum Gasteiger partial charge on any atom is -0.380 e. The van der Waals surface area contributed by atoms with Crippen molar-refractivity contribution in [1.29, 1.82) is 0 Å². The van der Waals surface area contributed by atoms with Gasteiger partial charge >= 0.3 is 0 Å². The average molecular weight is 237 g/mol. The third-order valence-corrected chi connectivity index (χ3v) is 2.42. The fourth-order valence-electron chi connectivity index (χ4n) is 1.57. The lowest BCUT2D eigenvalue weighted by molar-refractivity contribution is 0.120. The highest BCUT2D eigenvalue weighted by Crippen LogP contribution is 2.06. The van der Waals surface area contributed by atoms with Gasteiger partial charge in [-0.2, -0.15) is 0 Å². The summed E-state index contributed by atoms with van der Waals surface area (Å²) in [5.41, 5.74) is 1.09. The quantitative estimate of drug-likeness (QED) is 0.702. The van der Waals surface area contributed by atoms with E-state index < -0.39 is 0 Å². The summed E-state index contributed by atoms with van der Waals surface area (Å²) in [7, 11) is 2.08. The Bertz CT molecular complexity index is 317. The molecule has 1 aromatic rings. The highest BCUT2D eigenvalue weighted by atomic mass is 16.5. The molecule has 0 atom stereocenters. The lowest BCUT2D eigenvalue weighted by Crippen LogP contribution is -2.23. The van der Waals surface area contributed by atoms with Crippen LogP contribution in [0.3, 0.4) is 0 Å². The number of hydrogen-bond donors (Lipinski definition) is 1. The summed E-state index contributed by atoms with van der Waals surface area (Å²) in [5.74, 6) is 0.947. The van der Waals surface area contributed by atoms with E-state index in [0.717, 1.165) is 44.4 Å². The number of ether oxygens (including phenoxy) is 1. The number of rotatable bonds is 8. The third-order valence-electron chi connectivity index (χ3n) is 2.42. The van der Waals surface area contributed by atoms with E-state index in [0.29, 0.717) is 0 Å². The van der Waals surface area contributed by atoms with Crippen molar-refractivity contribution in [2.45, 2.75) is 20.4 Å². The van der Waals surface area contributed by atoms with E-state index in [1.54, 1.807) is 0 Å². The maximum Gasteiger partial charge on any atom is 0.126 e. The van der Waals surface area contributed by atoms with Crippen molar-refractivity contribution in [3.63, 3.8) is 0 Å². The van der Waals surface area contributed by atoms with Gasteiger partial charge in [-0.25, -0.2) is 4.98 Å². The maximum absolute atomic E-state index is 5.33. The van der Waals surface area contributed by atoms with Crippen molar-refractivity contribution in [2.75, 3.05) is 38.7 Å². The molecule has 4 nitrogen and oxygen atoms in total. The first-order valence-electron chi connectivity index (χ1n) is 6.22. The molecule has 0 unspecified atom stereocenters. The molecule has 1 aromatic heterocycles. The summed E-state index contributed by atoms with van der Waals surface area (Å²) in [4.78, 5) is 6.75. The molecule has 0 aliphatic rings. The first kappa shape index (κ1) is 13.9. The van der Waals surface area contributed by atoms with Gasteiger partial charge in [-0.15, -0.1) is 0 Å². The Morgan fingerprint density at radius 1 is 1.35 bits per heavy atom. The summed E-state index contributed by atoms with van der Waals surface area (Å²) in [6.07, 6.45) is 0. The number of nitrogens with zero attached hydrogens (tertiary/aromatic N) is 2. The Morgan fingerprint density at radius 3 is 2.88 bits per heavy atom. The molecular formula is C13H23N3O. The summed E-state index contributed by atoms with van der Waals surface area (Å²) >= 11 is 0. The molecule has 0 saturated heterocycles. The Balaban J connectivity index is 2.41. The van der Waals surface area contributed by atoms with Crippen LogP contribution in [-0.2, 0) is 11.3 Å². The molecule has 0 radical (unpaired) electrons. The van der Waals surface area contributed by atoms with Gasteiger partial charge in [0.15, 0.2) is 0 Å². The smallest absolute Gasteiger partial charge is 0.126 e. The second-order valence-corrected chi connectivity index (χ2v) is 3.98. The molecule has 1 rings (SSSR count). The molecule has 4 heteroatoms. The van der Waals surface area contributed by atoms with Crippen LogP contribution in [-0.4, -0.2) is 43.2 Å². The molecule has 0 spiro atoms. The molecule has 0 aromatic carbocycles. The molecule has 0 amide bonds. The monoisotopic (exact) mass is 237 g/mol. The Morgan fingerprint density at radius 2 is 2.18 bits per heavy atom. The number of pyridine rings is 1. The second-order valence-electron chi connectivity index (χ2n) is 3.98. The van der Waals surface area contributed by atoms with E-state index in [-0.39, 0.29) is 0 Å². The van der Waals surface area contributed by atoms with E-state index in [2.05, 4.69) is 35.2 Å². The van der Waals surface area contributed by atoms with Gasteiger partial charge in [0.25, 0.3) is 0 Å². The average Bonchev–Trinajstić information content (AvgIpc) is 2.30. The molecule has 17 heavy (non-hydrogen) atoms. The van der Waals surface area contributed by atoms with Crippen LogP contribution in [0.5, 0.6) is 0 Å². The summed E-state index contributed by atoms with van der Waals surface area (Å²) in [5, 5.41) is 3.22. The molecule has 1 heterocycles. The van der Waals surface area contributed by atoms with Crippen LogP contribution in [0.2, 0.25) is 0 Å². The van der Waals surface area contributed by atoms with Gasteiger partial charge in [0.2, 0.25) is 0 Å². The van der Waals surface area contributed by atoms with E-state index >= 15 is 0 Å². The normalized spacial score (nSPS) is 10.8. The molecule has 0 fully saturated rings. The fraction of sp³-hybridized carbons (Fsp3) is 0.615. The van der Waals surface area contributed by atoms with E-state index in [1.807, 2.05) is 19.1 Å². The highest BCUT2D eigenvalue weighted by Gasteiger charge is 2.02. The Labute approximate surface area is 104 Å². The predicted octanol–water partition coefficient (Wildman–Crippen LogP) is 1.98. The van der Waals surface area contributed by atoms with Gasteiger partial charge in [0.1, 0.15) is 5.82 Å². The van der Waals surface area contributed by atoms with E-state index in [4.69, 9.17) is 4.74 Å². The lowest BCUT2D eigenvalue weighted by atomic mass is 10.3. The minimum atomic E-state index is 0.778. The van der Waals surface area contributed by atoms with Gasteiger partial charge < -0.3 is 10.1 Å². The highest BCUT2D eigenvalue weighted by molar-refractivity contribution is 5.34. The van der Waals surface area contributed by atoms with Crippen molar-refractivity contribution < 1.29 is 4.74 Å². The molecule has 0 aliphatic heterocycles. The maximum atomic E-state index is 5.33. The SMILES string of the molecule is CCNc1cccc(CN(C)CCOCC)n1. The zero-order valence-electron chi connectivity index (χ0n) is 11.1. The van der Waals surface area contributed by atoms with Crippen LogP contribution >= 0.6 is 0 Å². The summed E-state index contributed by atoms with van der Waals surface area (Å²) in [6, 6.07) is 6.09. The Kier molecular flexibility index (Phi) is 6.58. The third kappa shape index (κ3) is 5.65. The number of aromatic nitrogens is 1. The van der Waals surface area contributed by atoms with E-state index in [1.165, 1.54) is 0 Å². The molecular weight excluding hydrogens is 214 g/mol. The number of nitrogens with one attached hydrogen (secondary N) is 1. The van der Waals surface area contributed by atoms with E-state index in [9.17, 15) is 0 Å². The summed E-state index contributed by atoms with van der Waals surface area (Å²) in [6.45, 7) is 8.33. The molecule has 1 N–H and O–H groups in total. The van der Waals surface area contributed by atoms with Gasteiger partial charge in [-0.1, -0.05) is 6.07 Å². The number of likely N-dealkylation sites (N-methyl/N-ethyl adjacent to an activating group) is 1. The van der Waals surface area contributed by atoms with Crippen molar-refractivity contribution in [3.8, 4) is 0 Å². The number of hydrogen-bond acceptors (Lipinski definition) is 4. The van der Waals surface area contributed by atoms with Crippen LogP contribution in [0.4, 0.5) is 5.82 Å². The standard InChI is InChI=1S/C13H23N3O/c1-4-14-13-8-6-7-12(15-13)11-16(3)9-10-17-5-2/h6-8H,4-5,9-11H2,1-3H3,(H,14,15). The van der Waals surface area contributed by atoms with Gasteiger partial charge in [-0.3, -0.25) is 4.90 Å². The number of anilines is 1. The van der Waals surface area contributed by atoms with Gasteiger partial charge in [0.05, 0.1) is 12.3 Å². The predicted molar refractivity (Wildman–Crippen MR) is 71.2 cm³/mol. The molecule has 0 bridgehead atoms. The first-order chi connectivity index (χ1) is 8.26. The Hall–Kier alpha value is -1.13. The van der Waals surface area contributed by atoms with Crippen molar-refractivity contribution in [2.24, 2.45) is 0 Å². The fourth-order valence-corrected chi connectivity index (χ4v) is 1.57. The zero-order chi connectivity index (χ0) is 12.5. The van der Waals surface area contributed by atoms with Gasteiger partial charge in [0, 0.05) is 26.2 Å². The van der Waals surface area contributed by atoms with Gasteiger partial charge in [-0.05, 0) is 33.0 Å². The largest absolute Gasteiger partial charge is 0.380 e. The van der Waals surface area contributed by atoms with Crippen LogP contribution in [0.15, 0.2) is 18.2 Å².